The molecular weight excluding hydrogens is 196 g/mol. The van der Waals surface area contributed by atoms with Crippen LogP contribution in [0.25, 0.3) is 0 Å². The summed E-state index contributed by atoms with van der Waals surface area (Å²) in [6, 6.07) is 3.49. The number of amides is 1. The van der Waals surface area contributed by atoms with Crippen LogP contribution in [0.15, 0.2) is 12.1 Å². The van der Waals surface area contributed by atoms with Gasteiger partial charge in [-0.1, -0.05) is 0 Å². The Kier molecular flexibility index (Phi) is 4.05. The highest BCUT2D eigenvalue weighted by Gasteiger charge is 2.05. The van der Waals surface area contributed by atoms with E-state index in [1.165, 1.54) is 0 Å². The third-order valence-electron chi connectivity index (χ3n) is 1.83. The molecular formula is C10H14N2O3. The van der Waals surface area contributed by atoms with Crippen LogP contribution in [-0.2, 0) is 11.4 Å². The molecule has 0 aromatic carbocycles. The first-order valence-corrected chi connectivity index (χ1v) is 4.62. The lowest BCUT2D eigenvalue weighted by atomic mass is 10.3. The van der Waals surface area contributed by atoms with Gasteiger partial charge in [0.05, 0.1) is 19.6 Å². The fourth-order valence-electron chi connectivity index (χ4n) is 1.10. The third kappa shape index (κ3) is 3.55. The summed E-state index contributed by atoms with van der Waals surface area (Å²) < 4.78 is 5.27. The van der Waals surface area contributed by atoms with E-state index in [0.717, 1.165) is 5.69 Å². The van der Waals surface area contributed by atoms with Crippen LogP contribution in [-0.4, -0.2) is 22.6 Å². The Balaban J connectivity index is 2.63. The topological polar surface area (TPSA) is 85.4 Å². The van der Waals surface area contributed by atoms with Gasteiger partial charge < -0.3 is 15.6 Å². The standard InChI is InChI=1S/C10H14N2O3/c1-7-2-3-9(8(6-13)12-7)15-5-4-10(11)14/h2-3,13H,4-6H2,1H3,(H2,11,14). The maximum Gasteiger partial charge on any atom is 0.220 e. The van der Waals surface area contributed by atoms with Gasteiger partial charge in [-0.25, -0.2) is 0 Å². The van der Waals surface area contributed by atoms with Crippen LogP contribution in [0.5, 0.6) is 5.75 Å². The number of ether oxygens (including phenoxy) is 1. The summed E-state index contributed by atoms with van der Waals surface area (Å²) in [5.74, 6) is 0.0740. The number of carbonyl (C=O) groups excluding carboxylic acids is 1. The lowest BCUT2D eigenvalue weighted by Gasteiger charge is -2.08. The molecule has 1 aromatic rings. The van der Waals surface area contributed by atoms with Gasteiger partial charge in [0, 0.05) is 5.69 Å². The number of aliphatic hydroxyl groups excluding tert-OH is 1. The Labute approximate surface area is 87.9 Å². The molecule has 5 nitrogen and oxygen atoms in total. The number of aromatic nitrogens is 1. The molecule has 15 heavy (non-hydrogen) atoms. The molecule has 0 atom stereocenters. The minimum atomic E-state index is -0.416. The van der Waals surface area contributed by atoms with Gasteiger partial charge in [0.2, 0.25) is 5.91 Å². The van der Waals surface area contributed by atoms with Crippen molar-refractivity contribution in [3.63, 3.8) is 0 Å². The molecule has 0 saturated carbocycles. The highest BCUT2D eigenvalue weighted by atomic mass is 16.5. The first-order valence-electron chi connectivity index (χ1n) is 4.62. The molecule has 82 valence electrons. The molecule has 0 aliphatic heterocycles. The van der Waals surface area contributed by atoms with E-state index < -0.39 is 5.91 Å². The van der Waals surface area contributed by atoms with Gasteiger partial charge in [-0.15, -0.1) is 0 Å². The largest absolute Gasteiger partial charge is 0.491 e. The summed E-state index contributed by atoms with van der Waals surface area (Å²) in [5, 5.41) is 9.02. The average Bonchev–Trinajstić information content (AvgIpc) is 2.19. The summed E-state index contributed by atoms with van der Waals surface area (Å²) in [6.07, 6.45) is 0.152. The van der Waals surface area contributed by atoms with Gasteiger partial charge in [-0.2, -0.15) is 0 Å². The van der Waals surface area contributed by atoms with E-state index in [9.17, 15) is 4.79 Å². The van der Waals surface area contributed by atoms with E-state index >= 15 is 0 Å². The lowest BCUT2D eigenvalue weighted by molar-refractivity contribution is -0.118. The molecule has 1 amide bonds. The summed E-state index contributed by atoms with van der Waals surface area (Å²) in [5.41, 5.74) is 6.25. The maximum absolute atomic E-state index is 10.5. The van der Waals surface area contributed by atoms with Crippen molar-refractivity contribution in [1.29, 1.82) is 0 Å². The molecule has 0 spiro atoms. The van der Waals surface area contributed by atoms with Gasteiger partial charge in [0.15, 0.2) is 0 Å². The molecule has 0 aliphatic rings. The number of hydrogen-bond donors (Lipinski definition) is 2. The van der Waals surface area contributed by atoms with Crippen LogP contribution in [0.2, 0.25) is 0 Å². The molecule has 0 fully saturated rings. The van der Waals surface area contributed by atoms with Crippen molar-refractivity contribution in [3.05, 3.63) is 23.5 Å². The highest BCUT2D eigenvalue weighted by molar-refractivity contribution is 5.73. The SMILES string of the molecule is Cc1ccc(OCCC(N)=O)c(CO)n1. The summed E-state index contributed by atoms with van der Waals surface area (Å²) in [4.78, 5) is 14.6. The average molecular weight is 210 g/mol. The van der Waals surface area contributed by atoms with E-state index in [1.807, 2.05) is 6.92 Å². The van der Waals surface area contributed by atoms with Crippen molar-refractivity contribution in [2.24, 2.45) is 5.73 Å². The molecule has 1 heterocycles. The van der Waals surface area contributed by atoms with E-state index in [1.54, 1.807) is 12.1 Å². The second-order valence-electron chi connectivity index (χ2n) is 3.12. The number of primary amides is 1. The van der Waals surface area contributed by atoms with E-state index in [2.05, 4.69) is 4.98 Å². The van der Waals surface area contributed by atoms with E-state index in [4.69, 9.17) is 15.6 Å². The second kappa shape index (κ2) is 5.31. The first kappa shape index (κ1) is 11.5. The zero-order valence-corrected chi connectivity index (χ0v) is 8.56. The van der Waals surface area contributed by atoms with Crippen molar-refractivity contribution in [1.82, 2.24) is 4.98 Å². The summed E-state index contributed by atoms with van der Waals surface area (Å²) >= 11 is 0. The maximum atomic E-state index is 10.5. The third-order valence-corrected chi connectivity index (χ3v) is 1.83. The fraction of sp³-hybridized carbons (Fsp3) is 0.400. The molecule has 0 aliphatic carbocycles. The van der Waals surface area contributed by atoms with Crippen LogP contribution >= 0.6 is 0 Å². The molecule has 0 bridgehead atoms. The van der Waals surface area contributed by atoms with E-state index in [-0.39, 0.29) is 19.6 Å². The Morgan fingerprint density at radius 2 is 2.33 bits per heavy atom. The molecule has 0 saturated heterocycles. The number of aliphatic hydroxyl groups is 1. The van der Waals surface area contributed by atoms with Crippen molar-refractivity contribution in [2.75, 3.05) is 6.61 Å². The number of pyridine rings is 1. The van der Waals surface area contributed by atoms with Gasteiger partial charge in [0.25, 0.3) is 0 Å². The summed E-state index contributed by atoms with van der Waals surface area (Å²) in [7, 11) is 0. The lowest BCUT2D eigenvalue weighted by Crippen LogP contribution is -2.15. The first-order chi connectivity index (χ1) is 7.13. The zero-order valence-electron chi connectivity index (χ0n) is 8.56. The molecule has 1 aromatic heterocycles. The number of nitrogens with two attached hydrogens (primary N) is 1. The van der Waals surface area contributed by atoms with Crippen molar-refractivity contribution < 1.29 is 14.6 Å². The zero-order chi connectivity index (χ0) is 11.3. The molecule has 1 rings (SSSR count). The molecule has 3 N–H and O–H groups in total. The highest BCUT2D eigenvalue weighted by Crippen LogP contribution is 2.16. The fourth-order valence-corrected chi connectivity index (χ4v) is 1.10. The minimum Gasteiger partial charge on any atom is -0.491 e. The minimum absolute atomic E-state index is 0.152. The molecule has 0 unspecified atom stereocenters. The smallest absolute Gasteiger partial charge is 0.220 e. The van der Waals surface area contributed by atoms with E-state index in [0.29, 0.717) is 11.4 Å². The molecule has 0 radical (unpaired) electrons. The predicted octanol–water partition coefficient (Wildman–Crippen LogP) is 0.137. The number of rotatable bonds is 5. The van der Waals surface area contributed by atoms with Crippen molar-refractivity contribution in [2.45, 2.75) is 20.0 Å². The number of aryl methyl sites for hydroxylation is 1. The van der Waals surface area contributed by atoms with Crippen molar-refractivity contribution >= 4 is 5.91 Å². The Morgan fingerprint density at radius 3 is 2.93 bits per heavy atom. The van der Waals surface area contributed by atoms with Crippen LogP contribution in [0.3, 0.4) is 0 Å². The Bertz CT molecular complexity index is 353. The molecule has 5 heteroatoms. The van der Waals surface area contributed by atoms with Gasteiger partial charge in [-0.05, 0) is 19.1 Å². The van der Waals surface area contributed by atoms with Gasteiger partial charge in [-0.3, -0.25) is 9.78 Å². The van der Waals surface area contributed by atoms with Crippen LogP contribution < -0.4 is 10.5 Å². The monoisotopic (exact) mass is 210 g/mol. The Morgan fingerprint density at radius 1 is 1.60 bits per heavy atom. The van der Waals surface area contributed by atoms with Gasteiger partial charge >= 0.3 is 0 Å². The predicted molar refractivity (Wildman–Crippen MR) is 54.2 cm³/mol. The van der Waals surface area contributed by atoms with Crippen molar-refractivity contribution in [3.8, 4) is 5.75 Å². The second-order valence-corrected chi connectivity index (χ2v) is 3.12. The number of nitrogens with zero attached hydrogens (tertiary/aromatic N) is 1. The quantitative estimate of drug-likeness (QED) is 0.723. The number of carbonyl (C=O) groups is 1. The van der Waals surface area contributed by atoms with Gasteiger partial charge in [0.1, 0.15) is 11.4 Å². The van der Waals surface area contributed by atoms with Crippen LogP contribution in [0.1, 0.15) is 17.8 Å². The normalized spacial score (nSPS) is 10.0. The Hall–Kier alpha value is -1.62. The number of hydrogen-bond acceptors (Lipinski definition) is 4. The van der Waals surface area contributed by atoms with Crippen LogP contribution in [0, 0.1) is 6.92 Å². The van der Waals surface area contributed by atoms with Crippen LogP contribution in [0.4, 0.5) is 0 Å². The summed E-state index contributed by atoms with van der Waals surface area (Å²) in [6.45, 7) is 1.84.